The molecule has 3 nitrogen and oxygen atoms in total. The van der Waals surface area contributed by atoms with Crippen molar-refractivity contribution in [2.75, 3.05) is 11.9 Å². The molecule has 98 valence electrons. The Balaban J connectivity index is 1.96. The number of rotatable bonds is 5. The first-order valence-corrected chi connectivity index (χ1v) is 6.88. The van der Waals surface area contributed by atoms with Gasteiger partial charge >= 0.3 is 0 Å². The number of amides is 1. The Kier molecular flexibility index (Phi) is 4.24. The van der Waals surface area contributed by atoms with Crippen molar-refractivity contribution in [1.82, 2.24) is 5.32 Å². The maximum Gasteiger partial charge on any atom is 0.251 e. The maximum atomic E-state index is 12.1. The molecule has 3 heteroatoms. The van der Waals surface area contributed by atoms with E-state index < -0.39 is 0 Å². The summed E-state index contributed by atoms with van der Waals surface area (Å²) in [6.07, 6.45) is 4.44. The Morgan fingerprint density at radius 3 is 3.11 bits per heavy atom. The highest BCUT2D eigenvalue weighted by Gasteiger charge is 2.14. The van der Waals surface area contributed by atoms with Crippen LogP contribution in [-0.2, 0) is 6.42 Å². The van der Waals surface area contributed by atoms with E-state index in [0.717, 1.165) is 37.1 Å². The van der Waals surface area contributed by atoms with Gasteiger partial charge in [0.2, 0.25) is 0 Å². The number of fused-ring (bicyclic) bond motifs is 1. The van der Waals surface area contributed by atoms with Crippen LogP contribution in [0.15, 0.2) is 18.2 Å². The zero-order chi connectivity index (χ0) is 13.0. The lowest BCUT2D eigenvalue weighted by Gasteiger charge is -2.13. The van der Waals surface area contributed by atoms with Gasteiger partial charge in [0.25, 0.3) is 5.91 Å². The molecule has 2 rings (SSSR count). The first-order chi connectivity index (χ1) is 8.70. The molecule has 1 aliphatic heterocycles. The molecule has 2 N–H and O–H groups in total. The fourth-order valence-corrected chi connectivity index (χ4v) is 2.32. The van der Waals surface area contributed by atoms with Gasteiger partial charge in [0.1, 0.15) is 0 Å². The average Bonchev–Trinajstić information content (AvgIpc) is 2.83. The Morgan fingerprint density at radius 1 is 1.50 bits per heavy atom. The minimum atomic E-state index is 0.0371. The Bertz CT molecular complexity index is 429. The standard InChI is InChI=1S/C15H22N2O/c1-3-4-5-11(2)17-15(18)13-7-6-12-8-9-16-14(12)10-13/h6-7,10-11,16H,3-5,8-9H2,1-2H3,(H,17,18). The summed E-state index contributed by atoms with van der Waals surface area (Å²) in [4.78, 5) is 12.1. The molecule has 1 aliphatic rings. The van der Waals surface area contributed by atoms with E-state index in [0.29, 0.717) is 0 Å². The predicted octanol–water partition coefficient (Wildman–Crippen LogP) is 2.96. The molecule has 0 saturated heterocycles. The first kappa shape index (κ1) is 12.9. The van der Waals surface area contributed by atoms with Crippen LogP contribution in [0.1, 0.15) is 49.0 Å². The van der Waals surface area contributed by atoms with Crippen molar-refractivity contribution >= 4 is 11.6 Å². The second-order valence-electron chi connectivity index (χ2n) is 5.07. The van der Waals surface area contributed by atoms with E-state index in [4.69, 9.17) is 0 Å². The summed E-state index contributed by atoms with van der Waals surface area (Å²) in [5.41, 5.74) is 3.18. The Hall–Kier alpha value is -1.51. The van der Waals surface area contributed by atoms with Crippen LogP contribution in [0.5, 0.6) is 0 Å². The van der Waals surface area contributed by atoms with Crippen LogP contribution in [-0.4, -0.2) is 18.5 Å². The quantitative estimate of drug-likeness (QED) is 0.838. The van der Waals surface area contributed by atoms with E-state index in [2.05, 4.69) is 30.5 Å². The van der Waals surface area contributed by atoms with Gasteiger partial charge in [0.05, 0.1) is 0 Å². The molecule has 1 unspecified atom stereocenters. The lowest BCUT2D eigenvalue weighted by molar-refractivity contribution is 0.0938. The third kappa shape index (κ3) is 3.03. The number of hydrogen-bond donors (Lipinski definition) is 2. The monoisotopic (exact) mass is 246 g/mol. The van der Waals surface area contributed by atoms with Crippen molar-refractivity contribution in [3.63, 3.8) is 0 Å². The van der Waals surface area contributed by atoms with E-state index >= 15 is 0 Å². The molecule has 1 aromatic rings. The molecule has 18 heavy (non-hydrogen) atoms. The lowest BCUT2D eigenvalue weighted by Crippen LogP contribution is -2.32. The van der Waals surface area contributed by atoms with Gasteiger partial charge in [0.15, 0.2) is 0 Å². The van der Waals surface area contributed by atoms with E-state index in [1.807, 2.05) is 12.1 Å². The van der Waals surface area contributed by atoms with Crippen LogP contribution in [0.25, 0.3) is 0 Å². The van der Waals surface area contributed by atoms with Crippen molar-refractivity contribution in [3.8, 4) is 0 Å². The third-order valence-electron chi connectivity index (χ3n) is 3.45. The van der Waals surface area contributed by atoms with Crippen LogP contribution in [0.2, 0.25) is 0 Å². The van der Waals surface area contributed by atoms with Gasteiger partial charge < -0.3 is 10.6 Å². The van der Waals surface area contributed by atoms with Crippen LogP contribution in [0.3, 0.4) is 0 Å². The minimum Gasteiger partial charge on any atom is -0.384 e. The third-order valence-corrected chi connectivity index (χ3v) is 3.45. The predicted molar refractivity (Wildman–Crippen MR) is 75.1 cm³/mol. The van der Waals surface area contributed by atoms with Gasteiger partial charge in [-0.15, -0.1) is 0 Å². The summed E-state index contributed by atoms with van der Waals surface area (Å²) in [7, 11) is 0. The van der Waals surface area contributed by atoms with Gasteiger partial charge in [-0.1, -0.05) is 25.8 Å². The fraction of sp³-hybridized carbons (Fsp3) is 0.533. The highest BCUT2D eigenvalue weighted by molar-refractivity contribution is 5.95. The molecule has 0 aliphatic carbocycles. The van der Waals surface area contributed by atoms with Crippen molar-refractivity contribution in [1.29, 1.82) is 0 Å². The van der Waals surface area contributed by atoms with Crippen molar-refractivity contribution < 1.29 is 4.79 Å². The highest BCUT2D eigenvalue weighted by atomic mass is 16.1. The number of anilines is 1. The molecule has 0 aromatic heterocycles. The molecular weight excluding hydrogens is 224 g/mol. The van der Waals surface area contributed by atoms with Crippen molar-refractivity contribution in [2.45, 2.75) is 45.6 Å². The molecule has 0 fully saturated rings. The topological polar surface area (TPSA) is 41.1 Å². The van der Waals surface area contributed by atoms with Crippen LogP contribution in [0.4, 0.5) is 5.69 Å². The normalized spacial score (nSPS) is 14.8. The van der Waals surface area contributed by atoms with E-state index in [1.54, 1.807) is 0 Å². The van der Waals surface area contributed by atoms with Gasteiger partial charge in [-0.3, -0.25) is 4.79 Å². The molecular formula is C15H22N2O. The summed E-state index contributed by atoms with van der Waals surface area (Å²) in [6, 6.07) is 6.19. The van der Waals surface area contributed by atoms with E-state index in [1.165, 1.54) is 12.0 Å². The molecule has 0 radical (unpaired) electrons. The molecule has 1 amide bonds. The van der Waals surface area contributed by atoms with Crippen LogP contribution < -0.4 is 10.6 Å². The maximum absolute atomic E-state index is 12.1. The fourth-order valence-electron chi connectivity index (χ4n) is 2.32. The molecule has 0 spiro atoms. The second kappa shape index (κ2) is 5.89. The summed E-state index contributed by atoms with van der Waals surface area (Å²) in [6.45, 7) is 5.22. The number of carbonyl (C=O) groups excluding carboxylic acids is 1. The number of hydrogen-bond acceptors (Lipinski definition) is 2. The summed E-state index contributed by atoms with van der Waals surface area (Å²) in [5.74, 6) is 0.0371. The zero-order valence-electron chi connectivity index (χ0n) is 11.3. The number of nitrogens with one attached hydrogen (secondary N) is 2. The van der Waals surface area contributed by atoms with Gasteiger partial charge in [-0.2, -0.15) is 0 Å². The minimum absolute atomic E-state index is 0.0371. The number of carbonyl (C=O) groups is 1. The molecule has 1 atom stereocenters. The highest BCUT2D eigenvalue weighted by Crippen LogP contribution is 2.23. The summed E-state index contributed by atoms with van der Waals surface area (Å²) < 4.78 is 0. The van der Waals surface area contributed by atoms with Gasteiger partial charge in [0, 0.05) is 23.8 Å². The lowest BCUT2D eigenvalue weighted by atomic mass is 10.1. The van der Waals surface area contributed by atoms with Crippen LogP contribution >= 0.6 is 0 Å². The second-order valence-corrected chi connectivity index (χ2v) is 5.07. The van der Waals surface area contributed by atoms with E-state index in [9.17, 15) is 4.79 Å². The summed E-state index contributed by atoms with van der Waals surface area (Å²) in [5, 5.41) is 6.36. The Labute approximate surface area is 109 Å². The Morgan fingerprint density at radius 2 is 2.33 bits per heavy atom. The van der Waals surface area contributed by atoms with E-state index in [-0.39, 0.29) is 11.9 Å². The largest absolute Gasteiger partial charge is 0.384 e. The number of benzene rings is 1. The average molecular weight is 246 g/mol. The van der Waals surface area contributed by atoms with Crippen molar-refractivity contribution in [3.05, 3.63) is 29.3 Å². The van der Waals surface area contributed by atoms with Crippen molar-refractivity contribution in [2.24, 2.45) is 0 Å². The molecule has 1 aromatic carbocycles. The summed E-state index contributed by atoms with van der Waals surface area (Å²) >= 11 is 0. The SMILES string of the molecule is CCCCC(C)NC(=O)c1ccc2c(c1)NCC2. The first-order valence-electron chi connectivity index (χ1n) is 6.88. The van der Waals surface area contributed by atoms with Gasteiger partial charge in [-0.25, -0.2) is 0 Å². The molecule has 0 saturated carbocycles. The zero-order valence-corrected chi connectivity index (χ0v) is 11.3. The van der Waals surface area contributed by atoms with Gasteiger partial charge in [-0.05, 0) is 37.5 Å². The number of unbranched alkanes of at least 4 members (excludes halogenated alkanes) is 1. The molecule has 1 heterocycles. The molecule has 0 bridgehead atoms. The smallest absolute Gasteiger partial charge is 0.251 e. The van der Waals surface area contributed by atoms with Crippen LogP contribution in [0, 0.1) is 0 Å².